The lowest BCUT2D eigenvalue weighted by atomic mass is 10.2. The van der Waals surface area contributed by atoms with Crippen LogP contribution in [0.25, 0.3) is 11.4 Å². The highest BCUT2D eigenvalue weighted by molar-refractivity contribution is 5.70. The van der Waals surface area contributed by atoms with Crippen LogP contribution in [0.3, 0.4) is 0 Å². The van der Waals surface area contributed by atoms with E-state index >= 15 is 0 Å². The van der Waals surface area contributed by atoms with Gasteiger partial charge in [0.25, 0.3) is 0 Å². The molecule has 2 aromatic rings. The number of nitrogens with zero attached hydrogens (tertiary/aromatic N) is 3. The average Bonchev–Trinajstić information content (AvgIpc) is 2.80. The van der Waals surface area contributed by atoms with Gasteiger partial charge in [0.1, 0.15) is 5.75 Å². The number of nitrogens with two attached hydrogens (primary N) is 1. The predicted molar refractivity (Wildman–Crippen MR) is 57.2 cm³/mol. The van der Waals surface area contributed by atoms with Crippen molar-refractivity contribution in [2.24, 2.45) is 0 Å². The maximum atomic E-state index is 10.3. The van der Waals surface area contributed by atoms with Gasteiger partial charge in [-0.25, -0.2) is 4.79 Å². The van der Waals surface area contributed by atoms with Crippen LogP contribution in [0.1, 0.15) is 0 Å². The molecule has 0 unspecified atom stereocenters. The first-order valence-corrected chi connectivity index (χ1v) is 4.65. The second-order valence-electron chi connectivity index (χ2n) is 3.17. The molecule has 4 N–H and O–H groups in total. The first-order chi connectivity index (χ1) is 8.16. The van der Waals surface area contributed by atoms with Gasteiger partial charge in [0.05, 0.1) is 5.69 Å². The standard InChI is InChI=1S/C9H9N5O3/c10-6-3-5(9-11-13-14-12-9)1-2-7(6)17-4-8(15)16/h1-3H,4,10H2,(H,15,16)(H,11,12,13,14). The fourth-order valence-electron chi connectivity index (χ4n) is 1.24. The molecule has 0 bridgehead atoms. The maximum Gasteiger partial charge on any atom is 0.341 e. The number of tetrazole rings is 1. The predicted octanol–water partition coefficient (Wildman–Crippen LogP) is -0.0877. The average molecular weight is 235 g/mol. The van der Waals surface area contributed by atoms with Crippen LogP contribution in [0.15, 0.2) is 18.2 Å². The number of anilines is 1. The third kappa shape index (κ3) is 2.48. The summed E-state index contributed by atoms with van der Waals surface area (Å²) in [5, 5.41) is 21.8. The van der Waals surface area contributed by atoms with Crippen LogP contribution in [0, 0.1) is 0 Å². The van der Waals surface area contributed by atoms with Crippen molar-refractivity contribution in [3.8, 4) is 17.1 Å². The molecule has 1 aromatic heterocycles. The summed E-state index contributed by atoms with van der Waals surface area (Å²) in [5.74, 6) is -0.354. The maximum absolute atomic E-state index is 10.3. The van der Waals surface area contributed by atoms with Crippen LogP contribution in [-0.4, -0.2) is 38.3 Å². The van der Waals surface area contributed by atoms with E-state index in [1.165, 1.54) is 0 Å². The zero-order valence-corrected chi connectivity index (χ0v) is 8.62. The van der Waals surface area contributed by atoms with Gasteiger partial charge < -0.3 is 15.6 Å². The Morgan fingerprint density at radius 1 is 1.53 bits per heavy atom. The number of hydrogen-bond donors (Lipinski definition) is 3. The molecule has 0 aliphatic heterocycles. The number of carbonyl (C=O) groups is 1. The van der Waals surface area contributed by atoms with Crippen LogP contribution in [0.4, 0.5) is 5.69 Å². The van der Waals surface area contributed by atoms with Crippen molar-refractivity contribution in [3.63, 3.8) is 0 Å². The lowest BCUT2D eigenvalue weighted by Gasteiger charge is -2.07. The van der Waals surface area contributed by atoms with E-state index in [1.807, 2.05) is 0 Å². The Labute approximate surface area is 95.4 Å². The SMILES string of the molecule is Nc1cc(-c2nn[nH]n2)ccc1OCC(=O)O. The van der Waals surface area contributed by atoms with E-state index in [1.54, 1.807) is 18.2 Å². The van der Waals surface area contributed by atoms with Crippen LogP contribution in [0.2, 0.25) is 0 Å². The second-order valence-corrected chi connectivity index (χ2v) is 3.17. The van der Waals surface area contributed by atoms with E-state index in [0.717, 1.165) is 0 Å². The van der Waals surface area contributed by atoms with E-state index in [-0.39, 0.29) is 0 Å². The summed E-state index contributed by atoms with van der Waals surface area (Å²) in [6.07, 6.45) is 0. The number of aliphatic carboxylic acids is 1. The molecule has 1 heterocycles. The summed E-state index contributed by atoms with van der Waals surface area (Å²) in [6, 6.07) is 4.81. The summed E-state index contributed by atoms with van der Waals surface area (Å²) in [7, 11) is 0. The van der Waals surface area contributed by atoms with Crippen LogP contribution >= 0.6 is 0 Å². The van der Waals surface area contributed by atoms with Gasteiger partial charge in [-0.15, -0.1) is 10.2 Å². The molecule has 0 atom stereocenters. The Morgan fingerprint density at radius 2 is 2.35 bits per heavy atom. The topological polar surface area (TPSA) is 127 Å². The van der Waals surface area contributed by atoms with Crippen molar-refractivity contribution in [3.05, 3.63) is 18.2 Å². The third-order valence-electron chi connectivity index (χ3n) is 1.96. The minimum absolute atomic E-state index is 0.305. The summed E-state index contributed by atoms with van der Waals surface area (Å²) >= 11 is 0. The number of H-pyrrole nitrogens is 1. The van der Waals surface area contributed by atoms with E-state index in [9.17, 15) is 4.79 Å². The molecule has 1 aromatic carbocycles. The Balaban J connectivity index is 2.20. The molecule has 0 spiro atoms. The van der Waals surface area contributed by atoms with Crippen molar-refractivity contribution < 1.29 is 14.6 Å². The number of carboxylic acid groups (broad SMARTS) is 1. The molecular weight excluding hydrogens is 226 g/mol. The van der Waals surface area contributed by atoms with Gasteiger partial charge >= 0.3 is 5.97 Å². The fraction of sp³-hybridized carbons (Fsp3) is 0.111. The van der Waals surface area contributed by atoms with Gasteiger partial charge in [-0.05, 0) is 23.4 Å². The number of nitrogen functional groups attached to an aromatic ring is 1. The summed E-state index contributed by atoms with van der Waals surface area (Å²) < 4.78 is 4.98. The fourth-order valence-corrected chi connectivity index (χ4v) is 1.24. The number of nitrogens with one attached hydrogen (secondary N) is 1. The van der Waals surface area contributed by atoms with Gasteiger partial charge in [-0.1, -0.05) is 0 Å². The molecular formula is C9H9N5O3. The highest BCUT2D eigenvalue weighted by Gasteiger charge is 2.08. The summed E-state index contributed by atoms with van der Waals surface area (Å²) in [5.41, 5.74) is 6.69. The molecule has 0 aliphatic rings. The Kier molecular flexibility index (Phi) is 2.86. The van der Waals surface area contributed by atoms with Gasteiger partial charge in [-0.2, -0.15) is 5.21 Å². The molecule has 8 nitrogen and oxygen atoms in total. The number of ether oxygens (including phenoxy) is 1. The Morgan fingerprint density at radius 3 is 2.94 bits per heavy atom. The largest absolute Gasteiger partial charge is 0.480 e. The Bertz CT molecular complexity index is 525. The first-order valence-electron chi connectivity index (χ1n) is 4.65. The van der Waals surface area contributed by atoms with E-state index in [2.05, 4.69) is 20.6 Å². The molecule has 2 rings (SSSR count). The Hall–Kier alpha value is -2.64. The molecule has 17 heavy (non-hydrogen) atoms. The van der Waals surface area contributed by atoms with E-state index in [0.29, 0.717) is 22.8 Å². The molecule has 0 radical (unpaired) electrons. The van der Waals surface area contributed by atoms with Gasteiger partial charge in [0.15, 0.2) is 6.61 Å². The number of aromatic nitrogens is 4. The molecule has 88 valence electrons. The lowest BCUT2D eigenvalue weighted by molar-refractivity contribution is -0.139. The molecule has 0 saturated carbocycles. The van der Waals surface area contributed by atoms with Crippen LogP contribution in [-0.2, 0) is 4.79 Å². The summed E-state index contributed by atoms with van der Waals surface area (Å²) in [4.78, 5) is 10.3. The van der Waals surface area contributed by atoms with E-state index < -0.39 is 12.6 Å². The van der Waals surface area contributed by atoms with Crippen LogP contribution in [0.5, 0.6) is 5.75 Å². The minimum Gasteiger partial charge on any atom is -0.480 e. The number of benzene rings is 1. The molecule has 0 amide bonds. The number of carboxylic acids is 1. The lowest BCUT2D eigenvalue weighted by Crippen LogP contribution is -2.10. The van der Waals surface area contributed by atoms with Crippen molar-refractivity contribution >= 4 is 11.7 Å². The van der Waals surface area contributed by atoms with Gasteiger partial charge in [0, 0.05) is 5.56 Å². The van der Waals surface area contributed by atoms with Crippen molar-refractivity contribution in [1.29, 1.82) is 0 Å². The molecule has 0 fully saturated rings. The first kappa shape index (κ1) is 10.9. The van der Waals surface area contributed by atoms with Crippen molar-refractivity contribution in [2.75, 3.05) is 12.3 Å². The van der Waals surface area contributed by atoms with Crippen molar-refractivity contribution in [1.82, 2.24) is 20.6 Å². The van der Waals surface area contributed by atoms with E-state index in [4.69, 9.17) is 15.6 Å². The van der Waals surface area contributed by atoms with Crippen LogP contribution < -0.4 is 10.5 Å². The molecule has 0 saturated heterocycles. The minimum atomic E-state index is -1.06. The van der Waals surface area contributed by atoms with Gasteiger partial charge in [-0.3, -0.25) is 0 Å². The van der Waals surface area contributed by atoms with Crippen molar-refractivity contribution in [2.45, 2.75) is 0 Å². The zero-order valence-electron chi connectivity index (χ0n) is 8.62. The highest BCUT2D eigenvalue weighted by Crippen LogP contribution is 2.26. The highest BCUT2D eigenvalue weighted by atomic mass is 16.5. The normalized spacial score (nSPS) is 10.1. The number of hydrogen-bond acceptors (Lipinski definition) is 6. The third-order valence-corrected chi connectivity index (χ3v) is 1.96. The summed E-state index contributed by atoms with van der Waals surface area (Å²) in [6.45, 7) is -0.439. The molecule has 8 heteroatoms. The van der Waals surface area contributed by atoms with Gasteiger partial charge in [0.2, 0.25) is 5.82 Å². The quantitative estimate of drug-likeness (QED) is 0.632. The number of rotatable bonds is 4. The smallest absolute Gasteiger partial charge is 0.341 e. The zero-order chi connectivity index (χ0) is 12.3. The number of aromatic amines is 1. The monoisotopic (exact) mass is 235 g/mol. The second kappa shape index (κ2) is 4.47. The molecule has 0 aliphatic carbocycles.